The molecule has 6 heterocycles. The summed E-state index contributed by atoms with van der Waals surface area (Å²) in [5.41, 5.74) is 2.09. The summed E-state index contributed by atoms with van der Waals surface area (Å²) in [6.07, 6.45) is 0.704. The van der Waals surface area contributed by atoms with Crippen LogP contribution in [0.25, 0.3) is 16.2 Å². The van der Waals surface area contributed by atoms with Gasteiger partial charge in [-0.3, -0.25) is 9.69 Å². The number of thiazole rings is 1. The molecule has 3 aromatic heterocycles. The molecule has 0 radical (unpaired) electrons. The molecule has 11 nitrogen and oxygen atoms in total. The first-order chi connectivity index (χ1) is 19.9. The van der Waals surface area contributed by atoms with Crippen LogP contribution in [0.1, 0.15) is 17.5 Å². The Morgan fingerprint density at radius 3 is 2.56 bits per heavy atom. The van der Waals surface area contributed by atoms with Crippen molar-refractivity contribution < 1.29 is 9.18 Å². The number of halogens is 1. The molecule has 0 saturated carbocycles. The van der Waals surface area contributed by atoms with E-state index in [9.17, 15) is 14.4 Å². The van der Waals surface area contributed by atoms with Gasteiger partial charge in [-0.1, -0.05) is 29.6 Å². The first kappa shape index (κ1) is 25.8. The Morgan fingerprint density at radius 1 is 1.12 bits per heavy atom. The minimum atomic E-state index is -0.341. The number of amides is 1. The van der Waals surface area contributed by atoms with E-state index < -0.39 is 0 Å². The molecule has 2 atom stereocenters. The fourth-order valence-corrected chi connectivity index (χ4v) is 7.50. The lowest BCUT2D eigenvalue weighted by atomic mass is 9.86. The van der Waals surface area contributed by atoms with Gasteiger partial charge in [-0.25, -0.2) is 14.4 Å². The number of anilines is 3. The number of nitriles is 2. The fraction of sp³-hybridized carbons (Fsp3) is 0.407. The second-order valence-electron chi connectivity index (χ2n) is 10.5. The lowest BCUT2D eigenvalue weighted by Gasteiger charge is -2.61. The molecule has 0 N–H and O–H groups in total. The molecular formula is C27H25FN10OS2. The Kier molecular flexibility index (Phi) is 6.15. The highest BCUT2D eigenvalue weighted by atomic mass is 32.1. The Labute approximate surface area is 243 Å². The van der Waals surface area contributed by atoms with Gasteiger partial charge in [-0.05, 0) is 30.7 Å². The van der Waals surface area contributed by atoms with Crippen LogP contribution in [0.15, 0.2) is 24.3 Å². The quantitative estimate of drug-likeness (QED) is 0.321. The Balaban J connectivity index is 1.09. The standard InChI is InChI=1S/C27H25FN10OS2/c1-3-18-24(34(2)25-32-23(21(9-30)40-25)16-4-6-17(28)7-5-16)38-26(31-18)41-27(33-38)37-13-19-20(37)12-35(19)14-22(39)36-10-15(8-29)11-36/h4-7,15,19-20H,3,10-14H2,1-2H3. The van der Waals surface area contributed by atoms with Crippen LogP contribution in [0.5, 0.6) is 0 Å². The van der Waals surface area contributed by atoms with Crippen molar-refractivity contribution in [3.8, 4) is 23.4 Å². The minimum absolute atomic E-state index is 0.0240. The number of imidazole rings is 1. The maximum absolute atomic E-state index is 13.5. The summed E-state index contributed by atoms with van der Waals surface area (Å²) in [6, 6.07) is 11.1. The van der Waals surface area contributed by atoms with Crippen LogP contribution in [0.4, 0.5) is 20.5 Å². The van der Waals surface area contributed by atoms with Gasteiger partial charge in [0.2, 0.25) is 16.0 Å². The molecule has 0 spiro atoms. The van der Waals surface area contributed by atoms with Crippen LogP contribution >= 0.6 is 22.7 Å². The summed E-state index contributed by atoms with van der Waals surface area (Å²) in [5.74, 6) is 0.540. The Hall–Kier alpha value is -4.11. The average molecular weight is 589 g/mol. The first-order valence-electron chi connectivity index (χ1n) is 13.4. The van der Waals surface area contributed by atoms with Gasteiger partial charge < -0.3 is 14.7 Å². The molecule has 3 aliphatic heterocycles. The maximum Gasteiger partial charge on any atom is 0.236 e. The van der Waals surface area contributed by atoms with Gasteiger partial charge in [-0.2, -0.15) is 15.0 Å². The summed E-state index contributed by atoms with van der Waals surface area (Å²) < 4.78 is 15.3. The van der Waals surface area contributed by atoms with E-state index in [0.717, 1.165) is 34.7 Å². The van der Waals surface area contributed by atoms with Gasteiger partial charge in [0.25, 0.3) is 0 Å². The van der Waals surface area contributed by atoms with Crippen LogP contribution < -0.4 is 9.80 Å². The van der Waals surface area contributed by atoms with E-state index in [0.29, 0.717) is 59.4 Å². The van der Waals surface area contributed by atoms with E-state index >= 15 is 0 Å². The Bertz CT molecular complexity index is 1740. The molecule has 3 fully saturated rings. The number of carbonyl (C=O) groups is 1. The molecule has 3 aliphatic rings. The van der Waals surface area contributed by atoms with Crippen molar-refractivity contribution in [3.05, 3.63) is 40.7 Å². The number of likely N-dealkylation sites (tertiary alicyclic amines) is 2. The summed E-state index contributed by atoms with van der Waals surface area (Å²) >= 11 is 2.82. The monoisotopic (exact) mass is 588 g/mol. The number of hydrogen-bond donors (Lipinski definition) is 0. The topological polar surface area (TPSA) is 121 Å². The van der Waals surface area contributed by atoms with E-state index in [2.05, 4.69) is 21.9 Å². The molecule has 0 bridgehead atoms. The highest BCUT2D eigenvalue weighted by Crippen LogP contribution is 2.42. The third-order valence-electron chi connectivity index (χ3n) is 8.13. The van der Waals surface area contributed by atoms with Crippen molar-refractivity contribution >= 4 is 49.6 Å². The number of piperazine rings is 1. The van der Waals surface area contributed by atoms with Gasteiger partial charge in [0, 0.05) is 44.8 Å². The molecule has 41 heavy (non-hydrogen) atoms. The van der Waals surface area contributed by atoms with E-state index in [1.54, 1.807) is 28.4 Å². The largest absolute Gasteiger partial charge is 0.339 e. The lowest BCUT2D eigenvalue weighted by Crippen LogP contribution is -2.80. The van der Waals surface area contributed by atoms with E-state index in [-0.39, 0.29) is 17.6 Å². The van der Waals surface area contributed by atoms with Crippen molar-refractivity contribution in [2.75, 3.05) is 49.6 Å². The van der Waals surface area contributed by atoms with Gasteiger partial charge in [-0.15, -0.1) is 5.10 Å². The molecule has 1 amide bonds. The lowest BCUT2D eigenvalue weighted by molar-refractivity contribution is -0.141. The van der Waals surface area contributed by atoms with Gasteiger partial charge in [0.15, 0.2) is 10.9 Å². The van der Waals surface area contributed by atoms with Crippen molar-refractivity contribution in [1.29, 1.82) is 10.5 Å². The van der Waals surface area contributed by atoms with E-state index in [1.807, 2.05) is 23.4 Å². The minimum Gasteiger partial charge on any atom is -0.339 e. The third-order valence-corrected chi connectivity index (χ3v) is 10.1. The number of benzene rings is 1. The molecule has 208 valence electrons. The molecule has 3 saturated heterocycles. The van der Waals surface area contributed by atoms with Crippen molar-refractivity contribution in [2.24, 2.45) is 5.92 Å². The van der Waals surface area contributed by atoms with Crippen LogP contribution in [0.3, 0.4) is 0 Å². The molecule has 0 aliphatic carbocycles. The summed E-state index contributed by atoms with van der Waals surface area (Å²) in [4.78, 5) is 31.5. The van der Waals surface area contributed by atoms with Gasteiger partial charge >= 0.3 is 0 Å². The average Bonchev–Trinajstić information content (AvgIpc) is 3.63. The predicted molar refractivity (Wildman–Crippen MR) is 153 cm³/mol. The number of nitrogens with zero attached hydrogens (tertiary/aromatic N) is 10. The highest BCUT2D eigenvalue weighted by molar-refractivity contribution is 7.20. The highest BCUT2D eigenvalue weighted by Gasteiger charge is 2.53. The van der Waals surface area contributed by atoms with Crippen molar-refractivity contribution in [1.82, 2.24) is 29.4 Å². The Morgan fingerprint density at radius 2 is 1.90 bits per heavy atom. The third kappa shape index (κ3) is 4.13. The smallest absolute Gasteiger partial charge is 0.236 e. The molecule has 4 aromatic rings. The maximum atomic E-state index is 13.5. The summed E-state index contributed by atoms with van der Waals surface area (Å²) in [7, 11) is 1.90. The zero-order chi connectivity index (χ0) is 28.4. The SMILES string of the molecule is CCc1nc2sc(N3CC4C3CN4CC(=O)N3CC(C#N)C3)nn2c1N(C)c1nc(-c2ccc(F)cc2)c(C#N)s1. The van der Waals surface area contributed by atoms with Gasteiger partial charge in [0.1, 0.15) is 22.5 Å². The van der Waals surface area contributed by atoms with Crippen LogP contribution in [-0.2, 0) is 11.2 Å². The molecule has 1 aromatic carbocycles. The number of aromatic nitrogens is 4. The van der Waals surface area contributed by atoms with Crippen LogP contribution in [-0.4, -0.2) is 87.1 Å². The number of rotatable bonds is 7. The normalized spacial score (nSPS) is 20.1. The number of carbonyl (C=O) groups excluding carboxylic acids is 1. The van der Waals surface area contributed by atoms with Gasteiger partial charge in [0.05, 0.1) is 30.3 Å². The predicted octanol–water partition coefficient (Wildman–Crippen LogP) is 3.11. The van der Waals surface area contributed by atoms with E-state index in [4.69, 9.17) is 20.3 Å². The van der Waals surface area contributed by atoms with Crippen molar-refractivity contribution in [2.45, 2.75) is 25.4 Å². The number of hydrogen-bond acceptors (Lipinski definition) is 11. The molecular weight excluding hydrogens is 563 g/mol. The first-order valence-corrected chi connectivity index (χ1v) is 15.0. The van der Waals surface area contributed by atoms with Crippen LogP contribution in [0, 0.1) is 34.4 Å². The second-order valence-corrected chi connectivity index (χ2v) is 12.4. The summed E-state index contributed by atoms with van der Waals surface area (Å²) in [6.45, 7) is 5.16. The molecule has 14 heteroatoms. The fourth-order valence-electron chi connectivity index (χ4n) is 5.66. The number of fused-ring (bicyclic) bond motifs is 2. The molecule has 2 unspecified atom stereocenters. The van der Waals surface area contributed by atoms with Crippen molar-refractivity contribution in [3.63, 3.8) is 0 Å². The van der Waals surface area contributed by atoms with Crippen LogP contribution in [0.2, 0.25) is 0 Å². The zero-order valence-electron chi connectivity index (χ0n) is 22.4. The summed E-state index contributed by atoms with van der Waals surface area (Å²) in [5, 5.41) is 25.2. The number of aryl methyl sites for hydroxylation is 1. The molecule has 7 rings (SSSR count). The van der Waals surface area contributed by atoms with E-state index in [1.165, 1.54) is 23.5 Å². The second kappa shape index (κ2) is 9.76. The zero-order valence-corrected chi connectivity index (χ0v) is 24.0.